The topological polar surface area (TPSA) is 64.4 Å². The van der Waals surface area contributed by atoms with E-state index in [1.807, 2.05) is 30.0 Å². The van der Waals surface area contributed by atoms with Gasteiger partial charge in [-0.25, -0.2) is 4.68 Å². The number of aromatic nitrogens is 2. The van der Waals surface area contributed by atoms with Crippen LogP contribution in [0.3, 0.4) is 0 Å². The van der Waals surface area contributed by atoms with Gasteiger partial charge < -0.3 is 9.64 Å². The molecule has 1 aromatic heterocycles. The number of nitrogens with zero attached hydrogens (tertiary/aromatic N) is 3. The van der Waals surface area contributed by atoms with Crippen LogP contribution in [0, 0.1) is 6.92 Å². The van der Waals surface area contributed by atoms with Gasteiger partial charge in [0.2, 0.25) is 5.91 Å². The first kappa shape index (κ1) is 15.3. The maximum Gasteiger partial charge on any atom is 0.275 e. The van der Waals surface area contributed by atoms with Crippen molar-refractivity contribution in [3.05, 3.63) is 40.3 Å². The first-order valence-electron chi connectivity index (χ1n) is 8.52. The molecular formula is C18H21N3O3. The summed E-state index contributed by atoms with van der Waals surface area (Å²) in [5.41, 5.74) is 0.555. The average Bonchev–Trinajstić information content (AvgIpc) is 3.08. The van der Waals surface area contributed by atoms with Gasteiger partial charge in [-0.05, 0) is 32.3 Å². The Morgan fingerprint density at radius 3 is 2.92 bits per heavy atom. The van der Waals surface area contributed by atoms with Gasteiger partial charge in [-0.15, -0.1) is 0 Å². The number of hydrogen-bond donors (Lipinski definition) is 0. The molecule has 0 bridgehead atoms. The van der Waals surface area contributed by atoms with Gasteiger partial charge in [0, 0.05) is 11.9 Å². The monoisotopic (exact) mass is 327 g/mol. The van der Waals surface area contributed by atoms with Crippen LogP contribution in [-0.4, -0.2) is 45.9 Å². The highest BCUT2D eigenvalue weighted by Crippen LogP contribution is 2.29. The third kappa shape index (κ3) is 2.51. The van der Waals surface area contributed by atoms with Crippen LogP contribution < -0.4 is 5.56 Å². The lowest BCUT2D eigenvalue weighted by Gasteiger charge is -2.37. The quantitative estimate of drug-likeness (QED) is 0.838. The van der Waals surface area contributed by atoms with Crippen molar-refractivity contribution in [2.24, 2.45) is 0 Å². The second kappa shape index (κ2) is 6.02. The minimum atomic E-state index is -0.208. The molecule has 2 fully saturated rings. The number of ether oxygens (including phenoxy) is 1. The molecule has 0 N–H and O–H groups in total. The highest BCUT2D eigenvalue weighted by atomic mass is 16.5. The summed E-state index contributed by atoms with van der Waals surface area (Å²) in [5.74, 6) is -0.0421. The van der Waals surface area contributed by atoms with Crippen LogP contribution in [0.25, 0.3) is 10.8 Å². The fraction of sp³-hybridized carbons (Fsp3) is 0.500. The van der Waals surface area contributed by atoms with Crippen molar-refractivity contribution in [1.29, 1.82) is 0 Å². The van der Waals surface area contributed by atoms with Gasteiger partial charge in [0.1, 0.15) is 6.54 Å². The summed E-state index contributed by atoms with van der Waals surface area (Å²) in [5, 5.41) is 5.80. The summed E-state index contributed by atoms with van der Waals surface area (Å²) < 4.78 is 7.06. The maximum atomic E-state index is 12.8. The van der Waals surface area contributed by atoms with E-state index in [0.29, 0.717) is 18.5 Å². The highest BCUT2D eigenvalue weighted by molar-refractivity contribution is 5.83. The molecule has 2 atom stereocenters. The molecule has 1 saturated heterocycles. The third-order valence-electron chi connectivity index (χ3n) is 5.14. The number of aryl methyl sites for hydroxylation is 1. The number of rotatable bonds is 2. The number of morpholine rings is 1. The molecule has 0 radical (unpaired) electrons. The second-order valence-corrected chi connectivity index (χ2v) is 6.59. The molecule has 1 aliphatic heterocycles. The van der Waals surface area contributed by atoms with Crippen molar-refractivity contribution in [2.75, 3.05) is 13.2 Å². The molecule has 0 unspecified atom stereocenters. The van der Waals surface area contributed by atoms with Crippen molar-refractivity contribution in [2.45, 2.75) is 44.9 Å². The Bertz CT molecular complexity index is 845. The zero-order chi connectivity index (χ0) is 16.7. The van der Waals surface area contributed by atoms with Gasteiger partial charge in [0.05, 0.1) is 29.8 Å². The molecule has 4 rings (SSSR count). The van der Waals surface area contributed by atoms with E-state index in [1.54, 1.807) is 6.07 Å². The first-order valence-corrected chi connectivity index (χ1v) is 8.52. The first-order chi connectivity index (χ1) is 11.6. The zero-order valence-corrected chi connectivity index (χ0v) is 13.8. The molecule has 1 aliphatic carbocycles. The van der Waals surface area contributed by atoms with Crippen molar-refractivity contribution in [3.63, 3.8) is 0 Å². The van der Waals surface area contributed by atoms with Crippen LogP contribution in [-0.2, 0) is 16.1 Å². The largest absolute Gasteiger partial charge is 0.374 e. The van der Waals surface area contributed by atoms with Gasteiger partial charge in [0.25, 0.3) is 5.56 Å². The fourth-order valence-electron chi connectivity index (χ4n) is 3.97. The van der Waals surface area contributed by atoms with E-state index in [9.17, 15) is 9.59 Å². The molecule has 126 valence electrons. The predicted molar refractivity (Wildman–Crippen MR) is 89.8 cm³/mol. The maximum absolute atomic E-state index is 12.8. The van der Waals surface area contributed by atoms with Crippen LogP contribution in [0.1, 0.15) is 25.0 Å². The molecule has 1 aromatic carbocycles. The Morgan fingerprint density at radius 1 is 1.29 bits per heavy atom. The molecule has 0 spiro atoms. The Morgan fingerprint density at radius 2 is 2.08 bits per heavy atom. The summed E-state index contributed by atoms with van der Waals surface area (Å²) in [6, 6.07) is 7.55. The zero-order valence-electron chi connectivity index (χ0n) is 13.8. The molecule has 1 amide bonds. The van der Waals surface area contributed by atoms with E-state index in [2.05, 4.69) is 5.10 Å². The van der Waals surface area contributed by atoms with Crippen molar-refractivity contribution in [1.82, 2.24) is 14.7 Å². The minimum Gasteiger partial charge on any atom is -0.374 e. The molecular weight excluding hydrogens is 306 g/mol. The summed E-state index contributed by atoms with van der Waals surface area (Å²) in [6.07, 6.45) is 3.24. The third-order valence-corrected chi connectivity index (χ3v) is 5.14. The van der Waals surface area contributed by atoms with Crippen LogP contribution in [0.15, 0.2) is 29.1 Å². The lowest BCUT2D eigenvalue weighted by Crippen LogP contribution is -2.52. The van der Waals surface area contributed by atoms with Crippen LogP contribution in [0.2, 0.25) is 0 Å². The van der Waals surface area contributed by atoms with E-state index in [4.69, 9.17) is 4.74 Å². The molecule has 24 heavy (non-hydrogen) atoms. The molecule has 2 aliphatic rings. The molecule has 1 saturated carbocycles. The number of carbonyl (C=O) groups is 1. The van der Waals surface area contributed by atoms with E-state index in [-0.39, 0.29) is 30.2 Å². The molecule has 6 heteroatoms. The van der Waals surface area contributed by atoms with Gasteiger partial charge in [-0.3, -0.25) is 9.59 Å². The number of benzene rings is 1. The summed E-state index contributed by atoms with van der Waals surface area (Å²) >= 11 is 0. The SMILES string of the molecule is Cc1nn(CC(=O)N2CCO[C@H]3CCC[C@H]32)c(=O)c2ccccc12. The van der Waals surface area contributed by atoms with Crippen molar-refractivity contribution >= 4 is 16.7 Å². The number of carbonyl (C=O) groups excluding carboxylic acids is 1. The molecule has 2 aromatic rings. The predicted octanol–water partition coefficient (Wildman–Crippen LogP) is 1.48. The van der Waals surface area contributed by atoms with Crippen LogP contribution >= 0.6 is 0 Å². The summed E-state index contributed by atoms with van der Waals surface area (Å²) in [6.45, 7) is 3.03. The lowest BCUT2D eigenvalue weighted by molar-refractivity contribution is -0.144. The minimum absolute atomic E-state index is 0.00622. The summed E-state index contributed by atoms with van der Waals surface area (Å²) in [7, 11) is 0. The number of amides is 1. The van der Waals surface area contributed by atoms with E-state index < -0.39 is 0 Å². The van der Waals surface area contributed by atoms with Gasteiger partial charge in [-0.1, -0.05) is 18.2 Å². The lowest BCUT2D eigenvalue weighted by atomic mass is 10.1. The van der Waals surface area contributed by atoms with E-state index in [0.717, 1.165) is 30.3 Å². The van der Waals surface area contributed by atoms with Gasteiger partial charge >= 0.3 is 0 Å². The summed E-state index contributed by atoms with van der Waals surface area (Å²) in [4.78, 5) is 27.3. The van der Waals surface area contributed by atoms with Crippen molar-refractivity contribution in [3.8, 4) is 0 Å². The molecule has 6 nitrogen and oxygen atoms in total. The Kier molecular flexibility index (Phi) is 3.84. The number of fused-ring (bicyclic) bond motifs is 2. The average molecular weight is 327 g/mol. The Labute approximate surface area is 140 Å². The Hall–Kier alpha value is -2.21. The van der Waals surface area contributed by atoms with E-state index in [1.165, 1.54) is 4.68 Å². The smallest absolute Gasteiger partial charge is 0.275 e. The van der Waals surface area contributed by atoms with Crippen LogP contribution in [0.5, 0.6) is 0 Å². The van der Waals surface area contributed by atoms with E-state index >= 15 is 0 Å². The van der Waals surface area contributed by atoms with Crippen LogP contribution in [0.4, 0.5) is 0 Å². The normalized spacial score (nSPS) is 23.5. The fourth-order valence-corrected chi connectivity index (χ4v) is 3.97. The van der Waals surface area contributed by atoms with Gasteiger partial charge in [-0.2, -0.15) is 5.10 Å². The Balaban J connectivity index is 1.63. The second-order valence-electron chi connectivity index (χ2n) is 6.59. The highest BCUT2D eigenvalue weighted by Gasteiger charge is 2.38. The van der Waals surface area contributed by atoms with Crippen molar-refractivity contribution < 1.29 is 9.53 Å². The standard InChI is InChI=1S/C18H21N3O3/c1-12-13-5-2-3-6-14(13)18(23)21(19-12)11-17(22)20-9-10-24-16-8-4-7-15(16)20/h2-3,5-6,15-16H,4,7-11H2,1H3/t15-,16+/m1/s1. The number of hydrogen-bond acceptors (Lipinski definition) is 4. The molecule has 2 heterocycles. The van der Waals surface area contributed by atoms with Gasteiger partial charge in [0.15, 0.2) is 0 Å².